The number of nitrogens with one attached hydrogen (secondary N) is 1. The molecule has 0 heterocycles. The van der Waals surface area contributed by atoms with Gasteiger partial charge in [-0.05, 0) is 55.8 Å². The molecule has 3 aromatic rings. The van der Waals surface area contributed by atoms with Crippen LogP contribution in [0.1, 0.15) is 29.8 Å². The molecule has 0 spiro atoms. The van der Waals surface area contributed by atoms with Gasteiger partial charge in [-0.3, -0.25) is 14.9 Å². The van der Waals surface area contributed by atoms with Crippen molar-refractivity contribution in [1.82, 2.24) is 5.43 Å². The SMILES string of the molecule is CCOc1cc(C=NNC(=O)C(C)Oc2ccccc2[N+](=O)[O-])ccc1OC(=O)c1ccccc1. The number of hydrogen-bond donors (Lipinski definition) is 1. The summed E-state index contributed by atoms with van der Waals surface area (Å²) in [5.74, 6) is -0.564. The maximum absolute atomic E-state index is 12.4. The number of nitro groups is 1. The third-order valence-electron chi connectivity index (χ3n) is 4.60. The molecular weight excluding hydrogens is 454 g/mol. The van der Waals surface area contributed by atoms with Gasteiger partial charge in [0.2, 0.25) is 0 Å². The molecular formula is C25H23N3O7. The lowest BCUT2D eigenvalue weighted by molar-refractivity contribution is -0.386. The summed E-state index contributed by atoms with van der Waals surface area (Å²) in [6, 6.07) is 19.2. The van der Waals surface area contributed by atoms with E-state index in [4.69, 9.17) is 14.2 Å². The first-order valence-corrected chi connectivity index (χ1v) is 10.7. The number of esters is 1. The standard InChI is InChI=1S/C25H23N3O7/c1-3-33-23-15-18(13-14-22(23)35-25(30)19-9-5-4-6-10-19)16-26-27-24(29)17(2)34-21-12-8-7-11-20(21)28(31)32/h4-17H,3H2,1-2H3,(H,27,29). The first-order valence-electron chi connectivity index (χ1n) is 10.7. The number of amides is 1. The molecule has 0 bridgehead atoms. The van der Waals surface area contributed by atoms with Crippen molar-refractivity contribution < 1.29 is 28.7 Å². The lowest BCUT2D eigenvalue weighted by Crippen LogP contribution is -2.33. The Morgan fingerprint density at radius 2 is 1.74 bits per heavy atom. The summed E-state index contributed by atoms with van der Waals surface area (Å²) < 4.78 is 16.4. The number of carbonyl (C=O) groups excluding carboxylic acids is 2. The van der Waals surface area contributed by atoms with Crippen LogP contribution in [0, 0.1) is 10.1 Å². The smallest absolute Gasteiger partial charge is 0.343 e. The van der Waals surface area contributed by atoms with E-state index < -0.39 is 22.9 Å². The Bertz CT molecular complexity index is 1230. The summed E-state index contributed by atoms with van der Waals surface area (Å²) in [6.45, 7) is 3.58. The summed E-state index contributed by atoms with van der Waals surface area (Å²) in [5.41, 5.74) is 3.06. The van der Waals surface area contributed by atoms with Gasteiger partial charge in [0.05, 0.1) is 23.3 Å². The Morgan fingerprint density at radius 3 is 2.46 bits per heavy atom. The molecule has 10 heteroatoms. The van der Waals surface area contributed by atoms with Crippen molar-refractivity contribution in [2.24, 2.45) is 5.10 Å². The van der Waals surface area contributed by atoms with E-state index in [9.17, 15) is 19.7 Å². The Balaban J connectivity index is 1.64. The molecule has 10 nitrogen and oxygen atoms in total. The largest absolute Gasteiger partial charge is 0.490 e. The lowest BCUT2D eigenvalue weighted by Gasteiger charge is -2.13. The van der Waals surface area contributed by atoms with E-state index in [2.05, 4.69) is 10.5 Å². The average molecular weight is 477 g/mol. The van der Waals surface area contributed by atoms with Crippen LogP contribution in [0.5, 0.6) is 17.2 Å². The van der Waals surface area contributed by atoms with Crippen LogP contribution in [-0.4, -0.2) is 35.7 Å². The van der Waals surface area contributed by atoms with Crippen molar-refractivity contribution in [1.29, 1.82) is 0 Å². The fraction of sp³-hybridized carbons (Fsp3) is 0.160. The lowest BCUT2D eigenvalue weighted by atomic mass is 10.2. The second-order valence-electron chi connectivity index (χ2n) is 7.11. The Hall–Kier alpha value is -4.73. The van der Waals surface area contributed by atoms with Gasteiger partial charge in [0.15, 0.2) is 23.4 Å². The second-order valence-corrected chi connectivity index (χ2v) is 7.11. The third kappa shape index (κ3) is 6.87. The van der Waals surface area contributed by atoms with Gasteiger partial charge in [-0.2, -0.15) is 5.10 Å². The maximum atomic E-state index is 12.4. The van der Waals surface area contributed by atoms with Crippen molar-refractivity contribution >= 4 is 23.8 Å². The number of hydrazone groups is 1. The number of rotatable bonds is 10. The molecule has 3 rings (SSSR count). The van der Waals surface area contributed by atoms with Crippen LogP contribution in [-0.2, 0) is 4.79 Å². The topological polar surface area (TPSA) is 129 Å². The number of ether oxygens (including phenoxy) is 3. The molecule has 3 aromatic carbocycles. The molecule has 0 aliphatic rings. The van der Waals surface area contributed by atoms with Crippen LogP contribution in [0.2, 0.25) is 0 Å². The van der Waals surface area contributed by atoms with Gasteiger partial charge in [-0.1, -0.05) is 30.3 Å². The van der Waals surface area contributed by atoms with Crippen molar-refractivity contribution in [3.8, 4) is 17.2 Å². The Labute approximate surface area is 201 Å². The third-order valence-corrected chi connectivity index (χ3v) is 4.60. The minimum Gasteiger partial charge on any atom is -0.490 e. The van der Waals surface area contributed by atoms with Crippen molar-refractivity contribution in [2.75, 3.05) is 6.61 Å². The molecule has 0 saturated heterocycles. The van der Waals surface area contributed by atoms with E-state index in [0.29, 0.717) is 23.5 Å². The molecule has 180 valence electrons. The number of benzene rings is 3. The van der Waals surface area contributed by atoms with Crippen LogP contribution in [0.3, 0.4) is 0 Å². The minimum atomic E-state index is -1.04. The van der Waals surface area contributed by atoms with Crippen LogP contribution in [0.25, 0.3) is 0 Å². The zero-order valence-corrected chi connectivity index (χ0v) is 19.0. The number of nitro benzene ring substituents is 1. The molecule has 0 aliphatic carbocycles. The van der Waals surface area contributed by atoms with E-state index in [-0.39, 0.29) is 17.2 Å². The van der Waals surface area contributed by atoms with Crippen molar-refractivity contribution in [2.45, 2.75) is 20.0 Å². The van der Waals surface area contributed by atoms with Crippen molar-refractivity contribution in [3.63, 3.8) is 0 Å². The van der Waals surface area contributed by atoms with Crippen LogP contribution < -0.4 is 19.6 Å². The second kappa shape index (κ2) is 11.9. The molecule has 0 aromatic heterocycles. The zero-order chi connectivity index (χ0) is 25.2. The van der Waals surface area contributed by atoms with Gasteiger partial charge in [0.25, 0.3) is 5.91 Å². The van der Waals surface area contributed by atoms with Gasteiger partial charge in [0, 0.05) is 6.07 Å². The molecule has 1 N–H and O–H groups in total. The van der Waals surface area contributed by atoms with Gasteiger partial charge in [-0.25, -0.2) is 10.2 Å². The highest BCUT2D eigenvalue weighted by Crippen LogP contribution is 2.29. The van der Waals surface area contributed by atoms with Gasteiger partial charge < -0.3 is 14.2 Å². The first-order chi connectivity index (χ1) is 16.9. The molecule has 0 saturated carbocycles. The van der Waals surface area contributed by atoms with Gasteiger partial charge in [-0.15, -0.1) is 0 Å². The highest BCUT2D eigenvalue weighted by Gasteiger charge is 2.20. The van der Waals surface area contributed by atoms with E-state index in [1.165, 1.54) is 31.3 Å². The molecule has 0 aliphatic heterocycles. The predicted octanol–water partition coefficient (Wildman–Crippen LogP) is 4.13. The van der Waals surface area contributed by atoms with Crippen LogP contribution >= 0.6 is 0 Å². The van der Waals surface area contributed by atoms with Crippen molar-refractivity contribution in [3.05, 3.63) is 94.0 Å². The fourth-order valence-electron chi connectivity index (χ4n) is 2.90. The predicted molar refractivity (Wildman–Crippen MR) is 128 cm³/mol. The minimum absolute atomic E-state index is 0.0221. The normalized spacial score (nSPS) is 11.5. The maximum Gasteiger partial charge on any atom is 0.343 e. The summed E-state index contributed by atoms with van der Waals surface area (Å²) in [6.07, 6.45) is 0.341. The fourth-order valence-corrected chi connectivity index (χ4v) is 2.90. The summed E-state index contributed by atoms with van der Waals surface area (Å²) >= 11 is 0. The number of carbonyl (C=O) groups is 2. The molecule has 0 fully saturated rings. The number of para-hydroxylation sites is 2. The van der Waals surface area contributed by atoms with E-state index in [1.54, 1.807) is 61.5 Å². The summed E-state index contributed by atoms with van der Waals surface area (Å²) in [5, 5.41) is 15.0. The molecule has 1 atom stereocenters. The van der Waals surface area contributed by atoms with E-state index in [0.717, 1.165) is 0 Å². The highest BCUT2D eigenvalue weighted by atomic mass is 16.6. The quantitative estimate of drug-likeness (QED) is 0.153. The zero-order valence-electron chi connectivity index (χ0n) is 19.0. The highest BCUT2D eigenvalue weighted by molar-refractivity contribution is 5.91. The van der Waals surface area contributed by atoms with Crippen LogP contribution in [0.15, 0.2) is 77.9 Å². The molecule has 35 heavy (non-hydrogen) atoms. The summed E-state index contributed by atoms with van der Waals surface area (Å²) in [7, 11) is 0. The van der Waals surface area contributed by atoms with E-state index >= 15 is 0 Å². The monoisotopic (exact) mass is 477 g/mol. The number of hydrogen-bond acceptors (Lipinski definition) is 8. The molecule has 1 amide bonds. The number of nitrogens with zero attached hydrogens (tertiary/aromatic N) is 2. The Kier molecular flexibility index (Phi) is 8.49. The van der Waals surface area contributed by atoms with Gasteiger partial charge in [0.1, 0.15) is 0 Å². The summed E-state index contributed by atoms with van der Waals surface area (Å²) in [4.78, 5) is 35.2. The average Bonchev–Trinajstić information content (AvgIpc) is 2.86. The molecule has 1 unspecified atom stereocenters. The Morgan fingerprint density at radius 1 is 1.03 bits per heavy atom. The van der Waals surface area contributed by atoms with Crippen LogP contribution in [0.4, 0.5) is 5.69 Å². The molecule has 0 radical (unpaired) electrons. The van der Waals surface area contributed by atoms with Gasteiger partial charge >= 0.3 is 11.7 Å². The first kappa shape index (κ1) is 24.9. The van der Waals surface area contributed by atoms with E-state index in [1.807, 2.05) is 0 Å².